The predicted octanol–water partition coefficient (Wildman–Crippen LogP) is 6.45. The standard InChI is InChI=1S/C23H31NO2S/c25-23(24-17-10-4-1-2-5-11-17)22-20(16-27-18-12-6-3-7-13-18)19-14-8-9-15-21(19)26-22/h8-9,14-15,17-18H,1-7,10-13,16H2,(H,24,25). The molecule has 4 rings (SSSR count). The quantitative estimate of drug-likeness (QED) is 0.601. The SMILES string of the molecule is O=C(NC1CCCCCC1)c1oc2ccccc2c1CSC1CCCCC1. The van der Waals surface area contributed by atoms with Crippen LogP contribution in [-0.4, -0.2) is 17.2 Å². The van der Waals surface area contributed by atoms with Crippen LogP contribution in [0.3, 0.4) is 0 Å². The monoisotopic (exact) mass is 385 g/mol. The van der Waals surface area contributed by atoms with Gasteiger partial charge >= 0.3 is 0 Å². The Morgan fingerprint density at radius 2 is 1.63 bits per heavy atom. The minimum absolute atomic E-state index is 0.0163. The topological polar surface area (TPSA) is 42.2 Å². The van der Waals surface area contributed by atoms with Crippen LogP contribution < -0.4 is 5.32 Å². The van der Waals surface area contributed by atoms with Crippen molar-refractivity contribution in [2.45, 2.75) is 87.7 Å². The van der Waals surface area contributed by atoms with Gasteiger partial charge in [0.05, 0.1) is 0 Å². The lowest BCUT2D eigenvalue weighted by atomic mass is 10.0. The van der Waals surface area contributed by atoms with Crippen LogP contribution in [0.2, 0.25) is 0 Å². The van der Waals surface area contributed by atoms with Crippen LogP contribution in [0.15, 0.2) is 28.7 Å². The third-order valence-electron chi connectivity index (χ3n) is 6.11. The summed E-state index contributed by atoms with van der Waals surface area (Å²) >= 11 is 2.01. The third kappa shape index (κ3) is 4.71. The van der Waals surface area contributed by atoms with Gasteiger partial charge in [0.25, 0.3) is 5.91 Å². The van der Waals surface area contributed by atoms with Gasteiger partial charge < -0.3 is 9.73 Å². The van der Waals surface area contributed by atoms with Crippen molar-refractivity contribution in [3.8, 4) is 0 Å². The van der Waals surface area contributed by atoms with Gasteiger partial charge in [0, 0.05) is 28.0 Å². The summed E-state index contributed by atoms with van der Waals surface area (Å²) < 4.78 is 6.05. The maximum absolute atomic E-state index is 13.1. The Morgan fingerprint density at radius 3 is 2.41 bits per heavy atom. The molecule has 0 aliphatic heterocycles. The van der Waals surface area contributed by atoms with Gasteiger partial charge in [-0.15, -0.1) is 0 Å². The van der Waals surface area contributed by atoms with Gasteiger partial charge in [-0.05, 0) is 31.7 Å². The molecule has 0 spiro atoms. The molecular formula is C23H31NO2S. The first kappa shape index (κ1) is 18.9. The molecule has 1 heterocycles. The van der Waals surface area contributed by atoms with Gasteiger partial charge in [-0.2, -0.15) is 11.8 Å². The van der Waals surface area contributed by atoms with Crippen LogP contribution in [-0.2, 0) is 5.75 Å². The molecule has 3 nitrogen and oxygen atoms in total. The molecule has 1 aromatic heterocycles. The molecule has 4 heteroatoms. The number of carbonyl (C=O) groups is 1. The van der Waals surface area contributed by atoms with E-state index in [0.29, 0.717) is 11.8 Å². The summed E-state index contributed by atoms with van der Waals surface area (Å²) in [7, 11) is 0. The summed E-state index contributed by atoms with van der Waals surface area (Å²) in [6, 6.07) is 8.40. The van der Waals surface area contributed by atoms with Crippen molar-refractivity contribution in [3.05, 3.63) is 35.6 Å². The van der Waals surface area contributed by atoms with E-state index in [4.69, 9.17) is 4.42 Å². The van der Waals surface area contributed by atoms with Gasteiger partial charge in [-0.3, -0.25) is 4.79 Å². The Hall–Kier alpha value is -1.42. The number of furan rings is 1. The number of hydrogen-bond acceptors (Lipinski definition) is 3. The number of benzene rings is 1. The highest BCUT2D eigenvalue weighted by Gasteiger charge is 2.24. The van der Waals surface area contributed by atoms with Crippen LogP contribution >= 0.6 is 11.8 Å². The number of rotatable bonds is 5. The molecule has 2 aromatic rings. The van der Waals surface area contributed by atoms with E-state index in [9.17, 15) is 4.79 Å². The van der Waals surface area contributed by atoms with Gasteiger partial charge in [-0.25, -0.2) is 0 Å². The summed E-state index contributed by atoms with van der Waals surface area (Å²) in [6.45, 7) is 0. The number of para-hydroxylation sites is 1. The number of fused-ring (bicyclic) bond motifs is 1. The number of nitrogens with one attached hydrogen (secondary N) is 1. The molecule has 2 fully saturated rings. The first-order chi connectivity index (χ1) is 13.3. The molecule has 1 amide bonds. The van der Waals surface area contributed by atoms with E-state index in [1.807, 2.05) is 30.0 Å². The van der Waals surface area contributed by atoms with Crippen molar-refractivity contribution in [3.63, 3.8) is 0 Å². The van der Waals surface area contributed by atoms with Crippen molar-refractivity contribution >= 4 is 28.6 Å². The molecule has 2 saturated carbocycles. The third-order valence-corrected chi connectivity index (χ3v) is 7.51. The number of carbonyl (C=O) groups excluding carboxylic acids is 1. The minimum atomic E-state index is -0.0163. The molecule has 2 aliphatic carbocycles. The number of thioether (sulfide) groups is 1. The molecule has 0 radical (unpaired) electrons. The van der Waals surface area contributed by atoms with Gasteiger partial charge in [0.2, 0.25) is 0 Å². The first-order valence-corrected chi connectivity index (χ1v) is 11.8. The van der Waals surface area contributed by atoms with Gasteiger partial charge in [0.15, 0.2) is 5.76 Å². The fraction of sp³-hybridized carbons (Fsp3) is 0.609. The molecule has 146 valence electrons. The summed E-state index contributed by atoms with van der Waals surface area (Å²) in [5.41, 5.74) is 1.93. The van der Waals surface area contributed by atoms with E-state index >= 15 is 0 Å². The lowest BCUT2D eigenvalue weighted by Crippen LogP contribution is -2.34. The molecule has 27 heavy (non-hydrogen) atoms. The summed E-state index contributed by atoms with van der Waals surface area (Å²) in [5, 5.41) is 5.10. The van der Waals surface area contributed by atoms with E-state index in [1.54, 1.807) is 0 Å². The highest BCUT2D eigenvalue weighted by atomic mass is 32.2. The Kier molecular flexibility index (Phi) is 6.43. The Morgan fingerprint density at radius 1 is 0.963 bits per heavy atom. The van der Waals surface area contributed by atoms with E-state index in [1.165, 1.54) is 57.8 Å². The first-order valence-electron chi connectivity index (χ1n) is 10.7. The fourth-order valence-corrected chi connectivity index (χ4v) is 5.89. The fourth-order valence-electron chi connectivity index (χ4n) is 4.53. The molecule has 0 unspecified atom stereocenters. The van der Waals surface area contributed by atoms with Crippen LogP contribution in [0, 0.1) is 0 Å². The molecule has 1 aromatic carbocycles. The summed E-state index contributed by atoms with van der Waals surface area (Å²) in [4.78, 5) is 13.1. The summed E-state index contributed by atoms with van der Waals surface area (Å²) in [6.07, 6.45) is 13.9. The Bertz CT molecular complexity index is 755. The second-order valence-corrected chi connectivity index (χ2v) is 9.43. The van der Waals surface area contributed by atoms with E-state index in [0.717, 1.165) is 40.4 Å². The minimum Gasteiger partial charge on any atom is -0.451 e. The number of amides is 1. The van der Waals surface area contributed by atoms with Gasteiger partial charge in [-0.1, -0.05) is 63.1 Å². The van der Waals surface area contributed by atoms with Crippen molar-refractivity contribution in [2.24, 2.45) is 0 Å². The van der Waals surface area contributed by atoms with Crippen molar-refractivity contribution in [2.75, 3.05) is 0 Å². The zero-order chi connectivity index (χ0) is 18.5. The lowest BCUT2D eigenvalue weighted by Gasteiger charge is -2.21. The van der Waals surface area contributed by atoms with Crippen molar-refractivity contribution in [1.29, 1.82) is 0 Å². The molecule has 2 aliphatic rings. The van der Waals surface area contributed by atoms with Crippen molar-refractivity contribution < 1.29 is 9.21 Å². The zero-order valence-electron chi connectivity index (χ0n) is 16.2. The van der Waals surface area contributed by atoms with E-state index in [-0.39, 0.29) is 5.91 Å². The molecule has 0 bridgehead atoms. The molecule has 0 saturated heterocycles. The van der Waals surface area contributed by atoms with Crippen LogP contribution in [0.4, 0.5) is 0 Å². The van der Waals surface area contributed by atoms with Crippen LogP contribution in [0.5, 0.6) is 0 Å². The van der Waals surface area contributed by atoms with E-state index in [2.05, 4.69) is 11.4 Å². The zero-order valence-corrected chi connectivity index (χ0v) is 17.0. The second-order valence-electron chi connectivity index (χ2n) is 8.14. The average Bonchev–Trinajstić information content (AvgIpc) is 2.88. The Labute approximate surface area is 166 Å². The normalized spacial score (nSPS) is 19.9. The van der Waals surface area contributed by atoms with E-state index < -0.39 is 0 Å². The maximum Gasteiger partial charge on any atom is 0.287 e. The lowest BCUT2D eigenvalue weighted by molar-refractivity contribution is 0.0906. The molecule has 0 atom stereocenters. The largest absolute Gasteiger partial charge is 0.451 e. The smallest absolute Gasteiger partial charge is 0.287 e. The molecule has 1 N–H and O–H groups in total. The van der Waals surface area contributed by atoms with Crippen LogP contribution in [0.1, 0.15) is 86.7 Å². The average molecular weight is 386 g/mol. The second kappa shape index (κ2) is 9.18. The molecular weight excluding hydrogens is 354 g/mol. The Balaban J connectivity index is 1.52. The number of hydrogen-bond donors (Lipinski definition) is 1. The highest BCUT2D eigenvalue weighted by molar-refractivity contribution is 7.99. The highest BCUT2D eigenvalue weighted by Crippen LogP contribution is 2.35. The summed E-state index contributed by atoms with van der Waals surface area (Å²) in [5.74, 6) is 1.40. The van der Waals surface area contributed by atoms with Crippen LogP contribution in [0.25, 0.3) is 11.0 Å². The maximum atomic E-state index is 13.1. The predicted molar refractivity (Wildman–Crippen MR) is 113 cm³/mol. The van der Waals surface area contributed by atoms with Crippen molar-refractivity contribution in [1.82, 2.24) is 5.32 Å². The van der Waals surface area contributed by atoms with Gasteiger partial charge in [0.1, 0.15) is 5.58 Å².